The highest BCUT2D eigenvalue weighted by Gasteiger charge is 2.27. The first-order chi connectivity index (χ1) is 9.72. The van der Waals surface area contributed by atoms with Crippen LogP contribution in [-0.2, 0) is 4.79 Å². The summed E-state index contributed by atoms with van der Waals surface area (Å²) in [5.74, 6) is 1.40. The number of rotatable bonds is 2. The summed E-state index contributed by atoms with van der Waals surface area (Å²) in [6.07, 6.45) is 3.60. The molecule has 0 radical (unpaired) electrons. The van der Waals surface area contributed by atoms with Crippen molar-refractivity contribution in [1.82, 2.24) is 9.88 Å². The van der Waals surface area contributed by atoms with Crippen LogP contribution in [-0.4, -0.2) is 47.9 Å². The van der Waals surface area contributed by atoms with Gasteiger partial charge in [0.15, 0.2) is 0 Å². The fourth-order valence-electron chi connectivity index (χ4n) is 3.18. The van der Waals surface area contributed by atoms with Gasteiger partial charge in [0.2, 0.25) is 0 Å². The highest BCUT2D eigenvalue weighted by atomic mass is 35.5. The third-order valence-electron chi connectivity index (χ3n) is 4.37. The fraction of sp³-hybridized carbons (Fsp3) is 0.600. The summed E-state index contributed by atoms with van der Waals surface area (Å²) in [7, 11) is 0. The Balaban J connectivity index is 1.55. The van der Waals surface area contributed by atoms with Crippen molar-refractivity contribution >= 4 is 23.2 Å². The molecule has 5 heteroatoms. The standard InChI is InChI=1S/C15H20ClN3O/c16-14-2-1-3-15(17-14)19-10-8-18(9-11-19)12-4-6-13(20)7-5-12/h1-3,12H,4-11H2. The van der Waals surface area contributed by atoms with E-state index >= 15 is 0 Å². The van der Waals surface area contributed by atoms with Crippen LogP contribution in [0.1, 0.15) is 25.7 Å². The number of halogens is 1. The molecule has 2 fully saturated rings. The predicted octanol–water partition coefficient (Wildman–Crippen LogP) is 2.37. The normalized spacial score (nSPS) is 22.2. The molecule has 0 bridgehead atoms. The van der Waals surface area contributed by atoms with Crippen molar-refractivity contribution < 1.29 is 4.79 Å². The number of carbonyl (C=O) groups is 1. The predicted molar refractivity (Wildman–Crippen MR) is 80.3 cm³/mol. The minimum absolute atomic E-state index is 0.433. The van der Waals surface area contributed by atoms with E-state index in [-0.39, 0.29) is 0 Å². The zero-order valence-electron chi connectivity index (χ0n) is 11.6. The van der Waals surface area contributed by atoms with E-state index < -0.39 is 0 Å². The topological polar surface area (TPSA) is 36.4 Å². The Bertz CT molecular complexity index is 476. The highest BCUT2D eigenvalue weighted by molar-refractivity contribution is 6.29. The lowest BCUT2D eigenvalue weighted by molar-refractivity contribution is -0.121. The Morgan fingerprint density at radius 3 is 2.45 bits per heavy atom. The van der Waals surface area contributed by atoms with Gasteiger partial charge in [-0.05, 0) is 25.0 Å². The molecule has 1 saturated carbocycles. The second kappa shape index (κ2) is 6.10. The number of hydrogen-bond donors (Lipinski definition) is 0. The Labute approximate surface area is 124 Å². The average molecular weight is 294 g/mol. The first-order valence-electron chi connectivity index (χ1n) is 7.35. The molecule has 4 nitrogen and oxygen atoms in total. The van der Waals surface area contributed by atoms with Gasteiger partial charge in [0.05, 0.1) is 0 Å². The van der Waals surface area contributed by atoms with Gasteiger partial charge in [-0.1, -0.05) is 17.7 Å². The van der Waals surface area contributed by atoms with E-state index in [1.54, 1.807) is 6.07 Å². The quantitative estimate of drug-likeness (QED) is 0.785. The summed E-state index contributed by atoms with van der Waals surface area (Å²) in [4.78, 5) is 20.5. The Morgan fingerprint density at radius 2 is 1.80 bits per heavy atom. The van der Waals surface area contributed by atoms with Crippen LogP contribution in [0.25, 0.3) is 0 Å². The lowest BCUT2D eigenvalue weighted by Gasteiger charge is -2.40. The van der Waals surface area contributed by atoms with Crippen molar-refractivity contribution in [3.8, 4) is 0 Å². The lowest BCUT2D eigenvalue weighted by atomic mass is 9.93. The van der Waals surface area contributed by atoms with Gasteiger partial charge < -0.3 is 4.90 Å². The molecular weight excluding hydrogens is 274 g/mol. The maximum absolute atomic E-state index is 11.3. The molecule has 1 aliphatic heterocycles. The van der Waals surface area contributed by atoms with Crippen LogP contribution in [0, 0.1) is 0 Å². The van der Waals surface area contributed by atoms with E-state index in [2.05, 4.69) is 14.8 Å². The van der Waals surface area contributed by atoms with Gasteiger partial charge >= 0.3 is 0 Å². The number of Topliss-reactive ketones (excluding diaryl/α,β-unsaturated/α-hetero) is 1. The van der Waals surface area contributed by atoms with Gasteiger partial charge in [-0.25, -0.2) is 4.98 Å². The molecule has 1 saturated heterocycles. The summed E-state index contributed by atoms with van der Waals surface area (Å²) in [5.41, 5.74) is 0. The van der Waals surface area contributed by atoms with Crippen molar-refractivity contribution in [2.45, 2.75) is 31.7 Å². The molecule has 2 aliphatic rings. The van der Waals surface area contributed by atoms with Crippen LogP contribution >= 0.6 is 11.6 Å². The summed E-state index contributed by atoms with van der Waals surface area (Å²) >= 11 is 5.95. The Kier molecular flexibility index (Phi) is 4.22. The first-order valence-corrected chi connectivity index (χ1v) is 7.73. The summed E-state index contributed by atoms with van der Waals surface area (Å²) in [6.45, 7) is 4.07. The van der Waals surface area contributed by atoms with Crippen LogP contribution < -0.4 is 4.90 Å². The summed E-state index contributed by atoms with van der Waals surface area (Å²) in [5, 5.41) is 0.552. The highest BCUT2D eigenvalue weighted by Crippen LogP contribution is 2.23. The van der Waals surface area contributed by atoms with Crippen molar-refractivity contribution in [1.29, 1.82) is 0 Å². The summed E-state index contributed by atoms with van der Waals surface area (Å²) in [6, 6.07) is 6.37. The van der Waals surface area contributed by atoms with Crippen LogP contribution in [0.3, 0.4) is 0 Å². The smallest absolute Gasteiger partial charge is 0.133 e. The van der Waals surface area contributed by atoms with Crippen LogP contribution in [0.2, 0.25) is 5.15 Å². The minimum atomic E-state index is 0.433. The van der Waals surface area contributed by atoms with Gasteiger partial charge in [0.1, 0.15) is 16.8 Å². The molecule has 1 aromatic heterocycles. The molecule has 1 aromatic rings. The van der Waals surface area contributed by atoms with Gasteiger partial charge in [-0.15, -0.1) is 0 Å². The SMILES string of the molecule is O=C1CCC(N2CCN(c3cccc(Cl)n3)CC2)CC1. The average Bonchev–Trinajstić information content (AvgIpc) is 2.48. The van der Waals surface area contributed by atoms with Crippen LogP contribution in [0.5, 0.6) is 0 Å². The van der Waals surface area contributed by atoms with Crippen LogP contribution in [0.15, 0.2) is 18.2 Å². The van der Waals surface area contributed by atoms with E-state index in [4.69, 9.17) is 11.6 Å². The molecule has 0 unspecified atom stereocenters. The second-order valence-corrected chi connectivity index (χ2v) is 6.00. The van der Waals surface area contributed by atoms with Crippen molar-refractivity contribution in [3.05, 3.63) is 23.4 Å². The van der Waals surface area contributed by atoms with Crippen molar-refractivity contribution in [3.63, 3.8) is 0 Å². The van der Waals surface area contributed by atoms with Gasteiger partial charge in [-0.3, -0.25) is 9.69 Å². The van der Waals surface area contributed by atoms with Gasteiger partial charge in [0.25, 0.3) is 0 Å². The third kappa shape index (κ3) is 3.13. The van der Waals surface area contributed by atoms with Gasteiger partial charge in [-0.2, -0.15) is 0 Å². The number of aromatic nitrogens is 1. The minimum Gasteiger partial charge on any atom is -0.354 e. The number of anilines is 1. The molecule has 20 heavy (non-hydrogen) atoms. The van der Waals surface area contributed by atoms with E-state index in [1.807, 2.05) is 12.1 Å². The number of nitrogens with zero attached hydrogens (tertiary/aromatic N) is 3. The monoisotopic (exact) mass is 293 g/mol. The number of hydrogen-bond acceptors (Lipinski definition) is 4. The number of piperazine rings is 1. The van der Waals surface area contributed by atoms with Gasteiger partial charge in [0, 0.05) is 45.1 Å². The molecule has 0 atom stereocenters. The summed E-state index contributed by atoms with van der Waals surface area (Å²) < 4.78 is 0. The molecule has 0 N–H and O–H groups in total. The van der Waals surface area contributed by atoms with E-state index in [1.165, 1.54) is 0 Å². The number of carbonyl (C=O) groups excluding carboxylic acids is 1. The molecule has 0 amide bonds. The van der Waals surface area contributed by atoms with E-state index in [0.29, 0.717) is 17.0 Å². The zero-order chi connectivity index (χ0) is 13.9. The molecule has 108 valence electrons. The van der Waals surface area contributed by atoms with E-state index in [0.717, 1.165) is 57.7 Å². The maximum Gasteiger partial charge on any atom is 0.133 e. The first kappa shape index (κ1) is 13.8. The number of pyridine rings is 1. The largest absolute Gasteiger partial charge is 0.354 e. The maximum atomic E-state index is 11.3. The fourth-order valence-corrected chi connectivity index (χ4v) is 3.34. The lowest BCUT2D eigenvalue weighted by Crippen LogP contribution is -2.51. The van der Waals surface area contributed by atoms with E-state index in [9.17, 15) is 4.79 Å². The Morgan fingerprint density at radius 1 is 1.10 bits per heavy atom. The molecule has 0 spiro atoms. The van der Waals surface area contributed by atoms with Crippen molar-refractivity contribution in [2.24, 2.45) is 0 Å². The molecule has 2 heterocycles. The van der Waals surface area contributed by atoms with Crippen molar-refractivity contribution in [2.75, 3.05) is 31.1 Å². The van der Waals surface area contributed by atoms with Crippen LogP contribution in [0.4, 0.5) is 5.82 Å². The second-order valence-electron chi connectivity index (χ2n) is 5.61. The molecule has 0 aromatic carbocycles. The zero-order valence-corrected chi connectivity index (χ0v) is 12.4. The molecular formula is C15H20ClN3O. The molecule has 1 aliphatic carbocycles. The Hall–Kier alpha value is -1.13. The number of ketones is 1. The molecule has 3 rings (SSSR count). The third-order valence-corrected chi connectivity index (χ3v) is 4.58.